The Hall–Kier alpha value is -1.25. The molecule has 1 unspecified atom stereocenters. The van der Waals surface area contributed by atoms with Crippen LogP contribution in [0.3, 0.4) is 0 Å². The van der Waals surface area contributed by atoms with Gasteiger partial charge in [0.05, 0.1) is 4.90 Å². The second kappa shape index (κ2) is 7.34. The topological polar surface area (TPSA) is 58.6 Å². The van der Waals surface area contributed by atoms with Crippen LogP contribution in [-0.4, -0.2) is 51.9 Å². The van der Waals surface area contributed by atoms with E-state index in [1.807, 2.05) is 7.05 Å². The molecule has 0 aliphatic carbocycles. The molecule has 1 aliphatic rings. The standard InChI is InChI=1S/C14H20F2N2O3S/c1-17-11-3-2-8-18(9-11)22(19,20)13-6-4-12(5-7-13)21-10-14(15)16/h4-7,11,14,17H,2-3,8-10H2,1H3. The third-order valence-corrected chi connectivity index (χ3v) is 5.51. The molecule has 0 bridgehead atoms. The van der Waals surface area contributed by atoms with Crippen molar-refractivity contribution in [3.8, 4) is 5.75 Å². The fourth-order valence-corrected chi connectivity index (χ4v) is 3.94. The quantitative estimate of drug-likeness (QED) is 0.860. The lowest BCUT2D eigenvalue weighted by Gasteiger charge is -2.31. The molecule has 1 aliphatic heterocycles. The average Bonchev–Trinajstić information content (AvgIpc) is 2.53. The number of halogens is 2. The summed E-state index contributed by atoms with van der Waals surface area (Å²) in [7, 11) is -1.75. The van der Waals surface area contributed by atoms with Crippen LogP contribution in [0.5, 0.6) is 5.75 Å². The summed E-state index contributed by atoms with van der Waals surface area (Å²) in [6.45, 7) is 0.217. The van der Waals surface area contributed by atoms with E-state index < -0.39 is 23.1 Å². The first-order valence-electron chi connectivity index (χ1n) is 7.12. The maximum atomic E-state index is 12.6. The van der Waals surface area contributed by atoms with Crippen LogP contribution in [0.4, 0.5) is 8.78 Å². The van der Waals surface area contributed by atoms with Crippen molar-refractivity contribution in [1.29, 1.82) is 0 Å². The first kappa shape index (κ1) is 17.1. The fraction of sp³-hybridized carbons (Fsp3) is 0.571. The number of rotatable bonds is 6. The Balaban J connectivity index is 2.09. The van der Waals surface area contributed by atoms with E-state index in [1.165, 1.54) is 28.6 Å². The Morgan fingerprint density at radius 1 is 1.36 bits per heavy atom. The van der Waals surface area contributed by atoms with E-state index in [0.717, 1.165) is 12.8 Å². The van der Waals surface area contributed by atoms with Crippen molar-refractivity contribution >= 4 is 10.0 Å². The normalized spacial score (nSPS) is 20.3. The Labute approximate surface area is 129 Å². The molecule has 1 aromatic rings. The number of hydrogen-bond acceptors (Lipinski definition) is 4. The maximum absolute atomic E-state index is 12.6. The molecule has 124 valence electrons. The molecule has 0 aromatic heterocycles. The van der Waals surface area contributed by atoms with Crippen molar-refractivity contribution < 1.29 is 21.9 Å². The van der Waals surface area contributed by atoms with Gasteiger partial charge in [-0.05, 0) is 44.2 Å². The largest absolute Gasteiger partial charge is 0.488 e. The van der Waals surface area contributed by atoms with Crippen LogP contribution < -0.4 is 10.1 Å². The first-order valence-corrected chi connectivity index (χ1v) is 8.56. The van der Waals surface area contributed by atoms with Crippen LogP contribution in [-0.2, 0) is 10.0 Å². The number of hydrogen-bond donors (Lipinski definition) is 1. The van der Waals surface area contributed by atoms with Crippen molar-refractivity contribution in [2.24, 2.45) is 0 Å². The van der Waals surface area contributed by atoms with Gasteiger partial charge in [-0.2, -0.15) is 4.31 Å². The summed E-state index contributed by atoms with van der Waals surface area (Å²) >= 11 is 0. The lowest BCUT2D eigenvalue weighted by molar-refractivity contribution is 0.0819. The molecule has 2 rings (SSSR count). The maximum Gasteiger partial charge on any atom is 0.272 e. The zero-order valence-corrected chi connectivity index (χ0v) is 13.2. The zero-order valence-electron chi connectivity index (χ0n) is 12.3. The second-order valence-corrected chi connectivity index (χ2v) is 7.10. The molecule has 1 saturated heterocycles. The van der Waals surface area contributed by atoms with E-state index in [1.54, 1.807) is 0 Å². The van der Waals surface area contributed by atoms with Gasteiger partial charge in [-0.3, -0.25) is 0 Å². The summed E-state index contributed by atoms with van der Waals surface area (Å²) in [5.74, 6) is 0.228. The smallest absolute Gasteiger partial charge is 0.272 e. The molecular formula is C14H20F2N2O3S. The van der Waals surface area contributed by atoms with Crippen LogP contribution in [0.1, 0.15) is 12.8 Å². The number of ether oxygens (including phenoxy) is 1. The highest BCUT2D eigenvalue weighted by Crippen LogP contribution is 2.23. The molecule has 1 fully saturated rings. The predicted molar refractivity (Wildman–Crippen MR) is 78.8 cm³/mol. The van der Waals surface area contributed by atoms with E-state index in [9.17, 15) is 17.2 Å². The summed E-state index contributed by atoms with van der Waals surface area (Å²) in [6, 6.07) is 5.72. The molecule has 8 heteroatoms. The van der Waals surface area contributed by atoms with Gasteiger partial charge in [0.2, 0.25) is 10.0 Å². The van der Waals surface area contributed by atoms with Gasteiger partial charge in [-0.15, -0.1) is 0 Å². The zero-order chi connectivity index (χ0) is 16.2. The van der Waals surface area contributed by atoms with Crippen LogP contribution in [0.25, 0.3) is 0 Å². The van der Waals surface area contributed by atoms with Crippen LogP contribution in [0.15, 0.2) is 29.2 Å². The molecule has 1 atom stereocenters. The summed E-state index contributed by atoms with van der Waals surface area (Å²) < 4.78 is 55.6. The van der Waals surface area contributed by atoms with E-state index in [-0.39, 0.29) is 16.7 Å². The minimum Gasteiger partial charge on any atom is -0.488 e. The molecule has 0 saturated carbocycles. The molecule has 0 amide bonds. The van der Waals surface area contributed by atoms with Crippen molar-refractivity contribution in [2.75, 3.05) is 26.7 Å². The SMILES string of the molecule is CNC1CCCN(S(=O)(=O)c2ccc(OCC(F)F)cc2)C1. The number of benzene rings is 1. The molecular weight excluding hydrogens is 314 g/mol. The Kier molecular flexibility index (Phi) is 5.71. The van der Waals surface area contributed by atoms with E-state index in [0.29, 0.717) is 13.1 Å². The fourth-order valence-electron chi connectivity index (χ4n) is 2.41. The minimum atomic E-state index is -3.56. The van der Waals surface area contributed by atoms with Crippen LogP contribution >= 0.6 is 0 Å². The number of likely N-dealkylation sites (N-methyl/N-ethyl adjacent to an activating group) is 1. The van der Waals surface area contributed by atoms with Gasteiger partial charge in [0, 0.05) is 19.1 Å². The van der Waals surface area contributed by atoms with E-state index in [2.05, 4.69) is 5.32 Å². The van der Waals surface area contributed by atoms with Crippen molar-refractivity contribution in [2.45, 2.75) is 30.2 Å². The van der Waals surface area contributed by atoms with Gasteiger partial charge in [-0.25, -0.2) is 17.2 Å². The molecule has 22 heavy (non-hydrogen) atoms. The van der Waals surface area contributed by atoms with Crippen LogP contribution in [0, 0.1) is 0 Å². The summed E-state index contributed by atoms with van der Waals surface area (Å²) in [4.78, 5) is 0.147. The first-order chi connectivity index (χ1) is 10.4. The molecule has 1 aromatic carbocycles. The summed E-state index contributed by atoms with van der Waals surface area (Å²) in [5.41, 5.74) is 0. The molecule has 0 radical (unpaired) electrons. The van der Waals surface area contributed by atoms with Gasteiger partial charge < -0.3 is 10.1 Å². The van der Waals surface area contributed by atoms with E-state index in [4.69, 9.17) is 4.74 Å². The summed E-state index contributed by atoms with van der Waals surface area (Å²) in [6.07, 6.45) is -0.807. The van der Waals surface area contributed by atoms with Gasteiger partial charge in [0.25, 0.3) is 6.43 Å². The number of piperidine rings is 1. The third kappa shape index (κ3) is 4.15. The monoisotopic (exact) mass is 334 g/mol. The van der Waals surface area contributed by atoms with Crippen molar-refractivity contribution in [1.82, 2.24) is 9.62 Å². The van der Waals surface area contributed by atoms with Crippen molar-refractivity contribution in [3.05, 3.63) is 24.3 Å². The summed E-state index contributed by atoms with van der Waals surface area (Å²) in [5, 5.41) is 3.10. The van der Waals surface area contributed by atoms with Gasteiger partial charge in [0.1, 0.15) is 12.4 Å². The Morgan fingerprint density at radius 2 is 2.05 bits per heavy atom. The Bertz CT molecular complexity index is 578. The number of alkyl halides is 2. The molecule has 1 N–H and O–H groups in total. The predicted octanol–water partition coefficient (Wildman–Crippen LogP) is 1.70. The second-order valence-electron chi connectivity index (χ2n) is 5.16. The average molecular weight is 334 g/mol. The highest BCUT2D eigenvalue weighted by molar-refractivity contribution is 7.89. The van der Waals surface area contributed by atoms with Crippen LogP contribution in [0.2, 0.25) is 0 Å². The molecule has 0 spiro atoms. The highest BCUT2D eigenvalue weighted by atomic mass is 32.2. The number of nitrogens with zero attached hydrogens (tertiary/aromatic N) is 1. The molecule has 1 heterocycles. The minimum absolute atomic E-state index is 0.147. The molecule has 5 nitrogen and oxygen atoms in total. The number of sulfonamides is 1. The van der Waals surface area contributed by atoms with Gasteiger partial charge in [0.15, 0.2) is 0 Å². The van der Waals surface area contributed by atoms with Gasteiger partial charge >= 0.3 is 0 Å². The lowest BCUT2D eigenvalue weighted by atomic mass is 10.1. The van der Waals surface area contributed by atoms with E-state index >= 15 is 0 Å². The van der Waals surface area contributed by atoms with Gasteiger partial charge in [-0.1, -0.05) is 0 Å². The highest BCUT2D eigenvalue weighted by Gasteiger charge is 2.29. The lowest BCUT2D eigenvalue weighted by Crippen LogP contribution is -2.46. The van der Waals surface area contributed by atoms with Crippen molar-refractivity contribution in [3.63, 3.8) is 0 Å². The third-order valence-electron chi connectivity index (χ3n) is 3.63. The number of nitrogens with one attached hydrogen (secondary N) is 1. The Morgan fingerprint density at radius 3 is 2.64 bits per heavy atom.